The van der Waals surface area contributed by atoms with Crippen molar-refractivity contribution in [1.82, 2.24) is 0 Å². The second-order valence-corrected chi connectivity index (χ2v) is 2.85. The number of hydrogen-bond donors (Lipinski definition) is 3. The van der Waals surface area contributed by atoms with Crippen molar-refractivity contribution in [3.63, 3.8) is 0 Å². The number of carboxylic acid groups (broad SMARTS) is 1. The third-order valence-electron chi connectivity index (χ3n) is 1.89. The minimum absolute atomic E-state index is 0. The van der Waals surface area contributed by atoms with Gasteiger partial charge < -0.3 is 15.7 Å². The van der Waals surface area contributed by atoms with E-state index in [2.05, 4.69) is 10.6 Å². The molecule has 3 N–H and O–H groups in total. The summed E-state index contributed by atoms with van der Waals surface area (Å²) in [7, 11) is 1.62. The third-order valence-corrected chi connectivity index (χ3v) is 1.89. The van der Waals surface area contributed by atoms with Gasteiger partial charge in [0.2, 0.25) is 0 Å². The molecule has 0 aliphatic carbocycles. The fraction of sp³-hybridized carbons (Fsp3) is 0.100. The van der Waals surface area contributed by atoms with Crippen LogP contribution in [0.2, 0.25) is 0 Å². The van der Waals surface area contributed by atoms with Crippen molar-refractivity contribution in [2.75, 3.05) is 17.7 Å². The van der Waals surface area contributed by atoms with E-state index in [1.54, 1.807) is 19.2 Å². The quantitative estimate of drug-likeness (QED) is 0.500. The number of carboxylic acids is 1. The van der Waals surface area contributed by atoms with Crippen LogP contribution in [0, 0.1) is 11.3 Å². The van der Waals surface area contributed by atoms with E-state index in [0.717, 1.165) is 0 Å². The molecule has 84 valence electrons. The van der Waals surface area contributed by atoms with E-state index < -0.39 is 11.9 Å². The molecule has 0 aliphatic heterocycles. The maximum absolute atomic E-state index is 10.9. The molecule has 0 unspecified atom stereocenters. The normalized spacial score (nSPS) is 8.47. The number of nitrogens with zero attached hydrogens (tertiary/aromatic N) is 1. The fourth-order valence-corrected chi connectivity index (χ4v) is 1.16. The van der Waals surface area contributed by atoms with Crippen LogP contribution in [0.15, 0.2) is 18.2 Å². The number of rotatable bonds is 2. The van der Waals surface area contributed by atoms with Crippen LogP contribution in [-0.4, -0.2) is 53.6 Å². The molecule has 0 bridgehead atoms. The number of nitriles is 1. The number of benzene rings is 1. The summed E-state index contributed by atoms with van der Waals surface area (Å²) in [5.41, 5.74) is 0.882. The van der Waals surface area contributed by atoms with Crippen molar-refractivity contribution in [2.24, 2.45) is 0 Å². The molecule has 0 heterocycles. The van der Waals surface area contributed by atoms with Gasteiger partial charge in [-0.25, -0.2) is 4.79 Å². The summed E-state index contributed by atoms with van der Waals surface area (Å²) in [6, 6.07) is 6.60. The van der Waals surface area contributed by atoms with E-state index in [9.17, 15) is 9.59 Å². The van der Waals surface area contributed by atoms with E-state index in [0.29, 0.717) is 5.69 Å². The van der Waals surface area contributed by atoms with Crippen LogP contribution in [0.5, 0.6) is 0 Å². The average Bonchev–Trinajstić information content (AvgIpc) is 2.28. The van der Waals surface area contributed by atoms with E-state index in [4.69, 9.17) is 10.4 Å². The van der Waals surface area contributed by atoms with Gasteiger partial charge in [-0.15, -0.1) is 0 Å². The first-order valence-electron chi connectivity index (χ1n) is 4.35. The molecular formula is C10H10N3NaO3. The van der Waals surface area contributed by atoms with Crippen molar-refractivity contribution in [2.45, 2.75) is 0 Å². The molecule has 0 saturated carbocycles. The summed E-state index contributed by atoms with van der Waals surface area (Å²) < 4.78 is 0. The van der Waals surface area contributed by atoms with Gasteiger partial charge in [-0.3, -0.25) is 4.79 Å². The Morgan fingerprint density at radius 2 is 1.94 bits per heavy atom. The molecule has 1 rings (SSSR count). The van der Waals surface area contributed by atoms with Gasteiger partial charge >= 0.3 is 41.4 Å². The molecule has 0 radical (unpaired) electrons. The molecule has 0 aromatic heterocycles. The summed E-state index contributed by atoms with van der Waals surface area (Å²) in [6.45, 7) is 0. The van der Waals surface area contributed by atoms with Gasteiger partial charge in [0.25, 0.3) is 0 Å². The summed E-state index contributed by atoms with van der Waals surface area (Å²) in [5.74, 6) is -2.77. The number of aliphatic carboxylic acids is 1. The molecule has 0 aliphatic rings. The molecule has 1 aromatic carbocycles. The minimum atomic E-state index is -1.60. The Balaban J connectivity index is 0.00000256. The Labute approximate surface area is 120 Å². The van der Waals surface area contributed by atoms with Gasteiger partial charge in [0.1, 0.15) is 6.07 Å². The van der Waals surface area contributed by atoms with Gasteiger partial charge in [0.05, 0.1) is 16.9 Å². The van der Waals surface area contributed by atoms with E-state index in [-0.39, 0.29) is 40.8 Å². The number of carbonyl (C=O) groups is 2. The number of amides is 1. The second kappa shape index (κ2) is 6.91. The van der Waals surface area contributed by atoms with Gasteiger partial charge in [0, 0.05) is 7.05 Å². The zero-order chi connectivity index (χ0) is 12.1. The molecule has 6 nitrogen and oxygen atoms in total. The van der Waals surface area contributed by atoms with Crippen LogP contribution in [0.4, 0.5) is 11.4 Å². The fourth-order valence-electron chi connectivity index (χ4n) is 1.16. The van der Waals surface area contributed by atoms with Crippen molar-refractivity contribution >= 4 is 52.8 Å². The van der Waals surface area contributed by atoms with Crippen LogP contribution >= 0.6 is 0 Å². The molecule has 7 heteroatoms. The zero-order valence-corrected chi connectivity index (χ0v) is 8.44. The molecule has 0 atom stereocenters. The van der Waals surface area contributed by atoms with Crippen LogP contribution in [0.25, 0.3) is 0 Å². The van der Waals surface area contributed by atoms with E-state index in [1.165, 1.54) is 6.07 Å². The van der Waals surface area contributed by atoms with E-state index >= 15 is 0 Å². The number of hydrogen-bond acceptors (Lipinski definition) is 4. The van der Waals surface area contributed by atoms with E-state index in [1.807, 2.05) is 6.07 Å². The molecule has 1 aromatic rings. The molecule has 0 fully saturated rings. The van der Waals surface area contributed by atoms with Crippen molar-refractivity contribution in [1.29, 1.82) is 5.26 Å². The summed E-state index contributed by atoms with van der Waals surface area (Å²) in [4.78, 5) is 21.3. The predicted molar refractivity (Wildman–Crippen MR) is 64.1 cm³/mol. The summed E-state index contributed by atoms with van der Waals surface area (Å²) in [5, 5.41) is 22.2. The van der Waals surface area contributed by atoms with Gasteiger partial charge in [0.15, 0.2) is 0 Å². The maximum atomic E-state index is 10.9. The molecule has 0 saturated heterocycles. The summed E-state index contributed by atoms with van der Waals surface area (Å²) in [6.07, 6.45) is 0. The first-order valence-corrected chi connectivity index (χ1v) is 4.35. The first-order chi connectivity index (χ1) is 7.60. The van der Waals surface area contributed by atoms with Gasteiger partial charge in [-0.1, -0.05) is 6.07 Å². The number of nitrogens with one attached hydrogen (secondary N) is 2. The van der Waals surface area contributed by atoms with Crippen molar-refractivity contribution in [3.05, 3.63) is 23.8 Å². The van der Waals surface area contributed by atoms with Gasteiger partial charge in [-0.05, 0) is 12.1 Å². The van der Waals surface area contributed by atoms with Crippen LogP contribution in [-0.2, 0) is 9.59 Å². The Morgan fingerprint density at radius 3 is 2.41 bits per heavy atom. The Morgan fingerprint density at radius 1 is 1.35 bits per heavy atom. The SMILES string of the molecule is CNc1cccc(NC(=O)C(=O)O)c1C#N.[NaH]. The Kier molecular flexibility index (Phi) is 6.28. The van der Waals surface area contributed by atoms with Crippen LogP contribution in [0.1, 0.15) is 5.56 Å². The second-order valence-electron chi connectivity index (χ2n) is 2.85. The molecule has 1 amide bonds. The average molecular weight is 243 g/mol. The van der Waals surface area contributed by atoms with Gasteiger partial charge in [-0.2, -0.15) is 5.26 Å². The predicted octanol–water partition coefficient (Wildman–Crippen LogP) is -0.0254. The number of carbonyl (C=O) groups excluding carboxylic acids is 1. The topological polar surface area (TPSA) is 102 Å². The first kappa shape index (κ1) is 15.4. The Hall–Kier alpha value is -1.55. The summed E-state index contributed by atoms with van der Waals surface area (Å²) >= 11 is 0. The number of anilines is 2. The standard InChI is InChI=1S/C10H9N3O3.Na.H/c1-12-7-3-2-4-8(6(7)5-11)13-9(14)10(15)16;;/h2-4,12H,1H3,(H,13,14)(H,15,16);;. The zero-order valence-electron chi connectivity index (χ0n) is 8.44. The van der Waals surface area contributed by atoms with Crippen molar-refractivity contribution in [3.8, 4) is 6.07 Å². The third kappa shape index (κ3) is 3.75. The molecular weight excluding hydrogens is 233 g/mol. The molecule has 17 heavy (non-hydrogen) atoms. The monoisotopic (exact) mass is 243 g/mol. The van der Waals surface area contributed by atoms with Crippen LogP contribution < -0.4 is 10.6 Å². The van der Waals surface area contributed by atoms with Crippen LogP contribution in [0.3, 0.4) is 0 Å². The Bertz CT molecular complexity index is 482. The van der Waals surface area contributed by atoms with Crippen molar-refractivity contribution < 1.29 is 14.7 Å². The molecule has 0 spiro atoms.